The number of hydrogen-bond donors (Lipinski definition) is 1. The zero-order valence-corrected chi connectivity index (χ0v) is 21.1. The van der Waals surface area contributed by atoms with E-state index in [2.05, 4.69) is 5.32 Å². The predicted molar refractivity (Wildman–Crippen MR) is 128 cm³/mol. The van der Waals surface area contributed by atoms with Crippen LogP contribution in [0.3, 0.4) is 0 Å². The van der Waals surface area contributed by atoms with E-state index >= 15 is 0 Å². The molecule has 0 aliphatic carbocycles. The molecule has 7 nitrogen and oxygen atoms in total. The third kappa shape index (κ3) is 7.04. The summed E-state index contributed by atoms with van der Waals surface area (Å²) in [4.78, 5) is 27.1. The van der Waals surface area contributed by atoms with Crippen LogP contribution in [0, 0.1) is 11.6 Å². The van der Waals surface area contributed by atoms with Crippen molar-refractivity contribution in [3.8, 4) is 0 Å². The van der Waals surface area contributed by atoms with Gasteiger partial charge < -0.3 is 10.2 Å². The quantitative estimate of drug-likeness (QED) is 0.498. The second kappa shape index (κ2) is 11.8. The van der Waals surface area contributed by atoms with Gasteiger partial charge in [-0.2, -0.15) is 0 Å². The van der Waals surface area contributed by atoms with Gasteiger partial charge in [0.05, 0.1) is 11.9 Å². The topological polar surface area (TPSA) is 86.8 Å². The van der Waals surface area contributed by atoms with Gasteiger partial charge in [0.1, 0.15) is 12.6 Å². The van der Waals surface area contributed by atoms with Crippen LogP contribution in [0.4, 0.5) is 14.5 Å². The van der Waals surface area contributed by atoms with Crippen LogP contribution in [0.2, 0.25) is 10.0 Å². The van der Waals surface area contributed by atoms with Gasteiger partial charge in [0, 0.05) is 34.8 Å². The van der Waals surface area contributed by atoms with Crippen LogP contribution < -0.4 is 9.62 Å². The van der Waals surface area contributed by atoms with Crippen LogP contribution >= 0.6 is 23.2 Å². The van der Waals surface area contributed by atoms with Crippen molar-refractivity contribution in [3.05, 3.63) is 63.6 Å². The minimum atomic E-state index is -4.08. The third-order valence-corrected chi connectivity index (χ3v) is 6.83. The van der Waals surface area contributed by atoms with Crippen molar-refractivity contribution in [1.29, 1.82) is 0 Å². The van der Waals surface area contributed by atoms with Gasteiger partial charge in [-0.05, 0) is 37.6 Å². The standard InChI is InChI=1S/C22H25Cl2F2N3O4S/c1-4-10-27-22(31)14(2)28(12-16-17(23)6-5-7-18(16)24)21(30)13-29(34(3,32)33)15-8-9-19(25)20(26)11-15/h5-9,11,14H,4,10,12-13H2,1-3H3,(H,27,31)/t14-/m0/s1. The summed E-state index contributed by atoms with van der Waals surface area (Å²) in [5.74, 6) is -3.67. The van der Waals surface area contributed by atoms with Gasteiger partial charge in [-0.15, -0.1) is 0 Å². The minimum absolute atomic E-state index is 0.187. The first-order valence-corrected chi connectivity index (χ1v) is 12.9. The van der Waals surface area contributed by atoms with Crippen LogP contribution in [0.5, 0.6) is 0 Å². The Labute approximate surface area is 207 Å². The molecule has 1 N–H and O–H groups in total. The van der Waals surface area contributed by atoms with E-state index in [0.29, 0.717) is 28.9 Å². The number of rotatable bonds is 10. The monoisotopic (exact) mass is 535 g/mol. The molecule has 0 saturated carbocycles. The van der Waals surface area contributed by atoms with Crippen LogP contribution in [-0.4, -0.2) is 50.5 Å². The van der Waals surface area contributed by atoms with Crippen LogP contribution in [0.25, 0.3) is 0 Å². The van der Waals surface area contributed by atoms with E-state index in [4.69, 9.17) is 23.2 Å². The van der Waals surface area contributed by atoms with E-state index in [-0.39, 0.29) is 22.3 Å². The van der Waals surface area contributed by atoms with E-state index in [9.17, 15) is 26.8 Å². The van der Waals surface area contributed by atoms with E-state index in [1.54, 1.807) is 18.2 Å². The van der Waals surface area contributed by atoms with Gasteiger partial charge in [0.2, 0.25) is 21.8 Å². The van der Waals surface area contributed by atoms with Crippen LogP contribution in [0.15, 0.2) is 36.4 Å². The number of halogens is 4. The molecule has 12 heteroatoms. The van der Waals surface area contributed by atoms with Gasteiger partial charge in [-0.3, -0.25) is 13.9 Å². The number of sulfonamides is 1. The Kier molecular flexibility index (Phi) is 9.66. The number of amides is 2. The Morgan fingerprint density at radius 3 is 2.24 bits per heavy atom. The van der Waals surface area contributed by atoms with E-state index in [0.717, 1.165) is 23.3 Å². The van der Waals surface area contributed by atoms with E-state index in [1.807, 2.05) is 6.92 Å². The number of nitrogens with one attached hydrogen (secondary N) is 1. The van der Waals surface area contributed by atoms with Crippen LogP contribution in [0.1, 0.15) is 25.8 Å². The van der Waals surface area contributed by atoms with E-state index in [1.165, 1.54) is 6.92 Å². The summed E-state index contributed by atoms with van der Waals surface area (Å²) in [6.07, 6.45) is 1.49. The van der Waals surface area contributed by atoms with Gasteiger partial charge in [0.25, 0.3) is 0 Å². The molecule has 34 heavy (non-hydrogen) atoms. The molecule has 0 aliphatic heterocycles. The van der Waals surface area contributed by atoms with Gasteiger partial charge >= 0.3 is 0 Å². The normalized spacial score (nSPS) is 12.2. The fourth-order valence-electron chi connectivity index (χ4n) is 3.09. The highest BCUT2D eigenvalue weighted by molar-refractivity contribution is 7.92. The van der Waals surface area contributed by atoms with Crippen molar-refractivity contribution in [2.24, 2.45) is 0 Å². The third-order valence-electron chi connectivity index (χ3n) is 4.98. The van der Waals surface area contributed by atoms with Crippen molar-refractivity contribution in [3.63, 3.8) is 0 Å². The second-order valence-electron chi connectivity index (χ2n) is 7.56. The highest BCUT2D eigenvalue weighted by Crippen LogP contribution is 2.27. The first-order chi connectivity index (χ1) is 15.9. The summed E-state index contributed by atoms with van der Waals surface area (Å²) in [5.41, 5.74) is 0.127. The number of nitrogens with zero attached hydrogens (tertiary/aromatic N) is 2. The van der Waals surface area contributed by atoms with E-state index < -0.39 is 46.1 Å². The highest BCUT2D eigenvalue weighted by atomic mass is 35.5. The molecule has 0 heterocycles. The molecule has 2 aromatic carbocycles. The molecular weight excluding hydrogens is 511 g/mol. The van der Waals surface area contributed by atoms with Crippen molar-refractivity contribution >= 4 is 50.7 Å². The Morgan fingerprint density at radius 1 is 1.09 bits per heavy atom. The minimum Gasteiger partial charge on any atom is -0.354 e. The molecule has 0 aromatic heterocycles. The average Bonchev–Trinajstić information content (AvgIpc) is 2.76. The Balaban J connectivity index is 2.45. The second-order valence-corrected chi connectivity index (χ2v) is 10.3. The van der Waals surface area contributed by atoms with Gasteiger partial charge in [-0.1, -0.05) is 36.2 Å². The predicted octanol–water partition coefficient (Wildman–Crippen LogP) is 3.98. The van der Waals surface area contributed by atoms with Gasteiger partial charge in [0.15, 0.2) is 11.6 Å². The molecule has 2 rings (SSSR count). The lowest BCUT2D eigenvalue weighted by molar-refractivity contribution is -0.139. The summed E-state index contributed by atoms with van der Waals surface area (Å²) >= 11 is 12.5. The molecule has 2 aromatic rings. The zero-order valence-electron chi connectivity index (χ0n) is 18.8. The van der Waals surface area contributed by atoms with Crippen molar-refractivity contribution in [2.75, 3.05) is 23.7 Å². The number of anilines is 1. The Morgan fingerprint density at radius 2 is 1.71 bits per heavy atom. The molecule has 2 amide bonds. The van der Waals surface area contributed by atoms with Crippen molar-refractivity contribution < 1.29 is 26.8 Å². The summed E-state index contributed by atoms with van der Waals surface area (Å²) in [5, 5.41) is 3.20. The molecule has 1 atom stereocenters. The molecular formula is C22H25Cl2F2N3O4S. The maximum Gasteiger partial charge on any atom is 0.244 e. The maximum absolute atomic E-state index is 13.8. The smallest absolute Gasteiger partial charge is 0.244 e. The molecule has 0 saturated heterocycles. The number of benzene rings is 2. The number of hydrogen-bond acceptors (Lipinski definition) is 4. The SMILES string of the molecule is CCCNC(=O)[C@H](C)N(Cc1c(Cl)cccc1Cl)C(=O)CN(c1ccc(F)c(F)c1)S(C)(=O)=O. The highest BCUT2D eigenvalue weighted by Gasteiger charge is 2.31. The number of carbonyl (C=O) groups is 2. The number of carbonyl (C=O) groups excluding carboxylic acids is 2. The molecule has 0 unspecified atom stereocenters. The average molecular weight is 536 g/mol. The summed E-state index contributed by atoms with van der Waals surface area (Å²) in [6.45, 7) is 2.77. The summed E-state index contributed by atoms with van der Waals surface area (Å²) < 4.78 is 52.6. The summed E-state index contributed by atoms with van der Waals surface area (Å²) in [6, 6.07) is 6.21. The zero-order chi connectivity index (χ0) is 25.6. The van der Waals surface area contributed by atoms with Crippen LogP contribution in [-0.2, 0) is 26.2 Å². The van der Waals surface area contributed by atoms with Crippen molar-refractivity contribution in [2.45, 2.75) is 32.9 Å². The molecule has 0 aliphatic rings. The summed E-state index contributed by atoms with van der Waals surface area (Å²) in [7, 11) is -4.08. The lowest BCUT2D eigenvalue weighted by Crippen LogP contribution is -2.51. The molecule has 0 fully saturated rings. The Bertz CT molecular complexity index is 1140. The molecule has 186 valence electrons. The first-order valence-electron chi connectivity index (χ1n) is 10.3. The lowest BCUT2D eigenvalue weighted by Gasteiger charge is -2.32. The maximum atomic E-state index is 13.8. The largest absolute Gasteiger partial charge is 0.354 e. The first kappa shape index (κ1) is 27.8. The fraction of sp³-hybridized carbons (Fsp3) is 0.364. The molecule has 0 radical (unpaired) electrons. The Hall–Kier alpha value is -2.43. The lowest BCUT2D eigenvalue weighted by atomic mass is 10.1. The van der Waals surface area contributed by atoms with Crippen molar-refractivity contribution in [1.82, 2.24) is 10.2 Å². The van der Waals surface area contributed by atoms with Gasteiger partial charge in [-0.25, -0.2) is 17.2 Å². The molecule has 0 bridgehead atoms. The fourth-order valence-corrected chi connectivity index (χ4v) is 4.44. The molecule has 0 spiro atoms.